The summed E-state index contributed by atoms with van der Waals surface area (Å²) >= 11 is 0. The van der Waals surface area contributed by atoms with Crippen molar-refractivity contribution in [2.24, 2.45) is 5.41 Å². The minimum absolute atomic E-state index is 0.0298. The molecule has 5 nitrogen and oxygen atoms in total. The summed E-state index contributed by atoms with van der Waals surface area (Å²) in [4.78, 5) is 22.0. The molecule has 0 saturated heterocycles. The first-order valence-corrected chi connectivity index (χ1v) is 5.64. The van der Waals surface area contributed by atoms with Crippen LogP contribution in [0.3, 0.4) is 0 Å². The zero-order valence-electron chi connectivity index (χ0n) is 10.0. The molecular formula is C11H20N2O3. The van der Waals surface area contributed by atoms with Crippen LogP contribution in [-0.2, 0) is 4.79 Å². The fourth-order valence-corrected chi connectivity index (χ4v) is 1.61. The molecule has 1 fully saturated rings. The highest BCUT2D eigenvalue weighted by Gasteiger charge is 2.46. The third-order valence-electron chi connectivity index (χ3n) is 3.07. The van der Waals surface area contributed by atoms with E-state index < -0.39 is 5.97 Å². The van der Waals surface area contributed by atoms with Crippen molar-refractivity contribution in [2.75, 3.05) is 0 Å². The van der Waals surface area contributed by atoms with Crippen molar-refractivity contribution in [2.45, 2.75) is 52.1 Å². The molecule has 0 aromatic heterocycles. The molecule has 5 heteroatoms. The normalized spacial score (nSPS) is 23.3. The maximum absolute atomic E-state index is 11.5. The quantitative estimate of drug-likeness (QED) is 0.664. The Morgan fingerprint density at radius 2 is 2.06 bits per heavy atom. The molecule has 3 N–H and O–H groups in total. The first kappa shape index (κ1) is 12.8. The highest BCUT2D eigenvalue weighted by Crippen LogP contribution is 2.44. The van der Waals surface area contributed by atoms with E-state index >= 15 is 0 Å². The Morgan fingerprint density at radius 1 is 1.50 bits per heavy atom. The third kappa shape index (κ3) is 3.72. The molecule has 92 valence electrons. The summed E-state index contributed by atoms with van der Waals surface area (Å²) in [6, 6.07) is -0.335. The highest BCUT2D eigenvalue weighted by atomic mass is 16.4. The molecule has 0 aliphatic heterocycles. The summed E-state index contributed by atoms with van der Waals surface area (Å²) in [7, 11) is 0. The Hall–Kier alpha value is -1.26. The number of aliphatic carboxylic acids is 1. The Bertz CT molecular complexity index is 289. The van der Waals surface area contributed by atoms with Gasteiger partial charge in [-0.1, -0.05) is 20.8 Å². The van der Waals surface area contributed by atoms with Crippen LogP contribution < -0.4 is 10.6 Å². The van der Waals surface area contributed by atoms with E-state index in [1.807, 2.05) is 6.92 Å². The maximum atomic E-state index is 11.5. The summed E-state index contributed by atoms with van der Waals surface area (Å²) in [6.07, 6.45) is 1.57. The minimum atomic E-state index is -0.890. The van der Waals surface area contributed by atoms with Gasteiger partial charge in [-0.15, -0.1) is 0 Å². The van der Waals surface area contributed by atoms with Crippen molar-refractivity contribution in [1.82, 2.24) is 10.6 Å². The van der Waals surface area contributed by atoms with E-state index in [9.17, 15) is 9.59 Å². The van der Waals surface area contributed by atoms with Crippen LogP contribution in [0, 0.1) is 5.41 Å². The van der Waals surface area contributed by atoms with Gasteiger partial charge in [0.2, 0.25) is 0 Å². The molecular weight excluding hydrogens is 208 g/mol. The Morgan fingerprint density at radius 3 is 2.44 bits per heavy atom. The summed E-state index contributed by atoms with van der Waals surface area (Å²) < 4.78 is 0. The first-order chi connectivity index (χ1) is 7.35. The van der Waals surface area contributed by atoms with Gasteiger partial charge >= 0.3 is 12.0 Å². The largest absolute Gasteiger partial charge is 0.481 e. The molecule has 1 aliphatic carbocycles. The maximum Gasteiger partial charge on any atom is 0.315 e. The average Bonchev–Trinajstić information content (AvgIpc) is 2.71. The van der Waals surface area contributed by atoms with Gasteiger partial charge in [0.15, 0.2) is 0 Å². The first-order valence-electron chi connectivity index (χ1n) is 5.64. The van der Waals surface area contributed by atoms with E-state index in [4.69, 9.17) is 5.11 Å². The van der Waals surface area contributed by atoms with Gasteiger partial charge in [0.05, 0.1) is 6.42 Å². The minimum Gasteiger partial charge on any atom is -0.481 e. The summed E-state index contributed by atoms with van der Waals surface area (Å²) in [6.45, 7) is 6.04. The lowest BCUT2D eigenvalue weighted by Crippen LogP contribution is -2.44. The molecule has 0 aromatic carbocycles. The number of nitrogens with one attached hydrogen (secondary N) is 2. The lowest BCUT2D eigenvalue weighted by Gasteiger charge is -2.16. The van der Waals surface area contributed by atoms with Gasteiger partial charge in [-0.05, 0) is 18.3 Å². The number of rotatable bonds is 5. The lowest BCUT2D eigenvalue weighted by molar-refractivity contribution is -0.137. The molecule has 16 heavy (non-hydrogen) atoms. The van der Waals surface area contributed by atoms with Crippen LogP contribution in [-0.4, -0.2) is 29.2 Å². The lowest BCUT2D eigenvalue weighted by atomic mass is 10.1. The van der Waals surface area contributed by atoms with Crippen molar-refractivity contribution < 1.29 is 14.7 Å². The van der Waals surface area contributed by atoms with Crippen LogP contribution in [0.5, 0.6) is 0 Å². The number of hydrogen-bond acceptors (Lipinski definition) is 2. The van der Waals surface area contributed by atoms with Gasteiger partial charge in [-0.3, -0.25) is 4.79 Å². The number of hydrogen-bond donors (Lipinski definition) is 3. The van der Waals surface area contributed by atoms with Crippen molar-refractivity contribution in [3.8, 4) is 0 Å². The third-order valence-corrected chi connectivity index (χ3v) is 3.07. The summed E-state index contributed by atoms with van der Waals surface area (Å²) in [5.41, 5.74) is 0.186. The van der Waals surface area contributed by atoms with E-state index in [-0.39, 0.29) is 30.0 Å². The predicted molar refractivity (Wildman–Crippen MR) is 60.2 cm³/mol. The zero-order valence-corrected chi connectivity index (χ0v) is 10.0. The molecule has 2 atom stereocenters. The van der Waals surface area contributed by atoms with Gasteiger partial charge in [0.25, 0.3) is 0 Å². The van der Waals surface area contributed by atoms with Crippen molar-refractivity contribution in [1.29, 1.82) is 0 Å². The van der Waals surface area contributed by atoms with Crippen LogP contribution in [0.15, 0.2) is 0 Å². The molecule has 0 bridgehead atoms. The second-order valence-corrected chi connectivity index (χ2v) is 5.07. The molecule has 1 saturated carbocycles. The number of carboxylic acids is 1. The topological polar surface area (TPSA) is 78.4 Å². The van der Waals surface area contributed by atoms with Crippen LogP contribution in [0.25, 0.3) is 0 Å². The zero-order chi connectivity index (χ0) is 12.3. The second-order valence-electron chi connectivity index (χ2n) is 5.07. The van der Waals surface area contributed by atoms with Gasteiger partial charge in [0, 0.05) is 12.1 Å². The highest BCUT2D eigenvalue weighted by molar-refractivity contribution is 5.76. The van der Waals surface area contributed by atoms with Gasteiger partial charge in [0.1, 0.15) is 0 Å². The van der Waals surface area contributed by atoms with Crippen LogP contribution in [0.1, 0.15) is 40.0 Å². The number of urea groups is 1. The molecule has 0 spiro atoms. The van der Waals surface area contributed by atoms with E-state index in [0.29, 0.717) is 6.42 Å². The number of amides is 2. The Kier molecular flexibility index (Phi) is 3.78. The molecule has 0 heterocycles. The van der Waals surface area contributed by atoms with E-state index in [1.165, 1.54) is 0 Å². The Balaban J connectivity index is 2.29. The summed E-state index contributed by atoms with van der Waals surface area (Å²) in [5.74, 6) is -0.890. The van der Waals surface area contributed by atoms with Gasteiger partial charge in [-0.2, -0.15) is 0 Å². The summed E-state index contributed by atoms with van der Waals surface area (Å²) in [5, 5.41) is 14.1. The fourth-order valence-electron chi connectivity index (χ4n) is 1.61. The second kappa shape index (κ2) is 4.72. The Labute approximate surface area is 95.6 Å². The number of carbonyl (C=O) groups is 2. The van der Waals surface area contributed by atoms with Crippen LogP contribution in [0.4, 0.5) is 4.79 Å². The molecule has 2 amide bonds. The van der Waals surface area contributed by atoms with E-state index in [0.717, 1.165) is 6.42 Å². The van der Waals surface area contributed by atoms with Crippen LogP contribution in [0.2, 0.25) is 0 Å². The molecule has 0 aromatic rings. The average molecular weight is 228 g/mol. The number of carboxylic acid groups (broad SMARTS) is 1. The van der Waals surface area contributed by atoms with Crippen molar-refractivity contribution in [3.63, 3.8) is 0 Å². The fraction of sp³-hybridized carbons (Fsp3) is 0.818. The molecule has 1 aliphatic rings. The van der Waals surface area contributed by atoms with Crippen molar-refractivity contribution >= 4 is 12.0 Å². The van der Waals surface area contributed by atoms with Crippen molar-refractivity contribution in [3.05, 3.63) is 0 Å². The standard InChI is InChI=1S/C11H20N2O3/c1-4-7(5-9(14)15)12-10(16)13-8-6-11(8,2)3/h7-8H,4-6H2,1-3H3,(H,14,15)(H2,12,13,16). The molecule has 0 radical (unpaired) electrons. The van der Waals surface area contributed by atoms with E-state index in [1.54, 1.807) is 0 Å². The van der Waals surface area contributed by atoms with E-state index in [2.05, 4.69) is 24.5 Å². The van der Waals surface area contributed by atoms with Gasteiger partial charge < -0.3 is 15.7 Å². The molecule has 1 rings (SSSR count). The smallest absolute Gasteiger partial charge is 0.315 e. The number of carbonyl (C=O) groups excluding carboxylic acids is 1. The molecule has 2 unspecified atom stereocenters. The predicted octanol–water partition coefficient (Wildman–Crippen LogP) is 1.34. The van der Waals surface area contributed by atoms with Gasteiger partial charge in [-0.25, -0.2) is 4.79 Å². The SMILES string of the molecule is CCC(CC(=O)O)NC(=O)NC1CC1(C)C. The monoisotopic (exact) mass is 228 g/mol. The van der Waals surface area contributed by atoms with Crippen LogP contribution >= 0.6 is 0 Å².